The van der Waals surface area contributed by atoms with Gasteiger partial charge in [0.05, 0.1) is 11.5 Å². The lowest BCUT2D eigenvalue weighted by atomic mass is 9.75. The zero-order valence-corrected chi connectivity index (χ0v) is 18.1. The van der Waals surface area contributed by atoms with Crippen LogP contribution in [0.1, 0.15) is 42.2 Å². The summed E-state index contributed by atoms with van der Waals surface area (Å²) in [5.74, 6) is -1.77. The van der Waals surface area contributed by atoms with Gasteiger partial charge in [0, 0.05) is 43.4 Å². The average molecular weight is 445 g/mol. The number of amides is 3. The van der Waals surface area contributed by atoms with Crippen LogP contribution in [0.25, 0.3) is 0 Å². The standard InChI is InChI=1S/C23H25FN2O4S/c1-25-19(27)13-23(22(25)30,16-5-2-3-6-17(16)24)14-20(28)26-10-8-15(9-11-26)21(29)18-7-4-12-31-18/h2-7,12,15,21,29H,8-11,13-14H2,1H3. The maximum atomic E-state index is 14.6. The van der Waals surface area contributed by atoms with Crippen molar-refractivity contribution in [3.05, 3.63) is 58.0 Å². The SMILES string of the molecule is CN1C(=O)CC(CC(=O)N2CCC(C(O)c3cccs3)CC2)(c2ccccc2F)C1=O. The van der Waals surface area contributed by atoms with Crippen molar-refractivity contribution in [2.75, 3.05) is 20.1 Å². The van der Waals surface area contributed by atoms with Crippen molar-refractivity contribution in [2.24, 2.45) is 5.92 Å². The molecule has 1 aromatic carbocycles. The van der Waals surface area contributed by atoms with E-state index in [0.717, 1.165) is 9.78 Å². The normalized spacial score (nSPS) is 23.5. The molecule has 0 radical (unpaired) electrons. The molecule has 6 nitrogen and oxygen atoms in total. The predicted octanol–water partition coefficient (Wildman–Crippen LogP) is 2.88. The number of benzene rings is 1. The summed E-state index contributed by atoms with van der Waals surface area (Å²) < 4.78 is 14.6. The number of carbonyl (C=O) groups excluding carboxylic acids is 3. The molecule has 0 spiro atoms. The summed E-state index contributed by atoms with van der Waals surface area (Å²) in [6.07, 6.45) is 0.266. The Morgan fingerprint density at radius 2 is 1.94 bits per heavy atom. The van der Waals surface area contributed by atoms with Crippen molar-refractivity contribution in [2.45, 2.75) is 37.2 Å². The molecule has 2 aliphatic heterocycles. The minimum Gasteiger partial charge on any atom is -0.387 e. The molecule has 2 fully saturated rings. The van der Waals surface area contributed by atoms with Crippen LogP contribution in [-0.2, 0) is 19.8 Å². The number of imide groups is 1. The number of nitrogens with zero attached hydrogens (tertiary/aromatic N) is 2. The predicted molar refractivity (Wildman–Crippen MR) is 114 cm³/mol. The average Bonchev–Trinajstić information content (AvgIpc) is 3.38. The summed E-state index contributed by atoms with van der Waals surface area (Å²) in [7, 11) is 1.37. The van der Waals surface area contributed by atoms with Crippen molar-refractivity contribution in [3.8, 4) is 0 Å². The van der Waals surface area contributed by atoms with Crippen molar-refractivity contribution < 1.29 is 23.9 Å². The van der Waals surface area contributed by atoms with Crippen LogP contribution in [0.5, 0.6) is 0 Å². The van der Waals surface area contributed by atoms with Crippen LogP contribution in [-0.4, -0.2) is 52.8 Å². The van der Waals surface area contributed by atoms with Gasteiger partial charge in [-0.15, -0.1) is 11.3 Å². The number of likely N-dealkylation sites (N-methyl/N-ethyl adjacent to an activating group) is 1. The highest BCUT2D eigenvalue weighted by atomic mass is 32.1. The maximum absolute atomic E-state index is 14.6. The molecule has 164 valence electrons. The molecule has 2 unspecified atom stereocenters. The van der Waals surface area contributed by atoms with Gasteiger partial charge in [-0.3, -0.25) is 19.3 Å². The Morgan fingerprint density at radius 3 is 2.52 bits per heavy atom. The van der Waals surface area contributed by atoms with Gasteiger partial charge in [-0.25, -0.2) is 4.39 Å². The van der Waals surface area contributed by atoms with E-state index in [0.29, 0.717) is 25.9 Å². The van der Waals surface area contributed by atoms with Gasteiger partial charge in [-0.1, -0.05) is 24.3 Å². The number of piperidine rings is 1. The number of aliphatic hydroxyl groups excluding tert-OH is 1. The third-order valence-corrected chi connectivity index (χ3v) is 7.50. The van der Waals surface area contributed by atoms with Crippen LogP contribution in [0.2, 0.25) is 0 Å². The number of aliphatic hydroxyl groups is 1. The van der Waals surface area contributed by atoms with Crippen molar-refractivity contribution in [1.82, 2.24) is 9.80 Å². The third-order valence-electron chi connectivity index (χ3n) is 6.56. The monoisotopic (exact) mass is 444 g/mol. The largest absolute Gasteiger partial charge is 0.387 e. The van der Waals surface area contributed by atoms with Gasteiger partial charge in [0.25, 0.3) is 0 Å². The minimum atomic E-state index is -1.51. The number of thiophene rings is 1. The smallest absolute Gasteiger partial charge is 0.240 e. The van der Waals surface area contributed by atoms with Crippen molar-refractivity contribution in [1.29, 1.82) is 0 Å². The molecule has 1 N–H and O–H groups in total. The Bertz CT molecular complexity index is 987. The molecule has 2 atom stereocenters. The number of hydrogen-bond acceptors (Lipinski definition) is 5. The Labute approximate surface area is 184 Å². The lowest BCUT2D eigenvalue weighted by Gasteiger charge is -2.36. The first kappa shape index (κ1) is 21.6. The summed E-state index contributed by atoms with van der Waals surface area (Å²) in [4.78, 5) is 42.1. The lowest BCUT2D eigenvalue weighted by Crippen LogP contribution is -2.45. The van der Waals surface area contributed by atoms with Gasteiger partial charge in [0.1, 0.15) is 5.82 Å². The van der Waals surface area contributed by atoms with Gasteiger partial charge in [0.15, 0.2) is 0 Å². The fraction of sp³-hybridized carbons (Fsp3) is 0.435. The lowest BCUT2D eigenvalue weighted by molar-refractivity contribution is -0.142. The molecule has 4 rings (SSSR count). The minimum absolute atomic E-state index is 0.0593. The first-order chi connectivity index (χ1) is 14.8. The molecule has 2 aromatic rings. The number of hydrogen-bond donors (Lipinski definition) is 1. The number of carbonyl (C=O) groups is 3. The highest BCUT2D eigenvalue weighted by Crippen LogP contribution is 2.41. The highest BCUT2D eigenvalue weighted by Gasteiger charge is 2.54. The van der Waals surface area contributed by atoms with Crippen LogP contribution in [0.15, 0.2) is 41.8 Å². The topological polar surface area (TPSA) is 77.9 Å². The molecule has 0 bridgehead atoms. The van der Waals surface area contributed by atoms with E-state index in [-0.39, 0.29) is 30.2 Å². The molecule has 3 heterocycles. The zero-order valence-electron chi connectivity index (χ0n) is 17.3. The molecular formula is C23H25FN2O4S. The van der Waals surface area contributed by atoms with Crippen LogP contribution >= 0.6 is 11.3 Å². The fourth-order valence-corrected chi connectivity index (χ4v) is 5.51. The quantitative estimate of drug-likeness (QED) is 0.720. The summed E-state index contributed by atoms with van der Waals surface area (Å²) >= 11 is 1.51. The van der Waals surface area contributed by atoms with E-state index in [1.54, 1.807) is 11.0 Å². The second kappa shape index (κ2) is 8.51. The van der Waals surface area contributed by atoms with E-state index in [1.807, 2.05) is 17.5 Å². The van der Waals surface area contributed by atoms with Crippen LogP contribution in [0.3, 0.4) is 0 Å². The summed E-state index contributed by atoms with van der Waals surface area (Å²) in [5, 5.41) is 12.5. The fourth-order valence-electron chi connectivity index (χ4n) is 4.71. The van der Waals surface area contributed by atoms with E-state index < -0.39 is 29.2 Å². The molecule has 3 amide bonds. The van der Waals surface area contributed by atoms with E-state index in [1.165, 1.54) is 36.6 Å². The molecular weight excluding hydrogens is 419 g/mol. The molecule has 31 heavy (non-hydrogen) atoms. The van der Waals surface area contributed by atoms with E-state index in [2.05, 4.69) is 0 Å². The Kier molecular flexibility index (Phi) is 5.94. The first-order valence-corrected chi connectivity index (χ1v) is 11.3. The van der Waals surface area contributed by atoms with Crippen molar-refractivity contribution >= 4 is 29.1 Å². The van der Waals surface area contributed by atoms with Gasteiger partial charge in [0.2, 0.25) is 17.7 Å². The number of halogens is 1. The van der Waals surface area contributed by atoms with Gasteiger partial charge >= 0.3 is 0 Å². The van der Waals surface area contributed by atoms with Crippen LogP contribution < -0.4 is 0 Å². The van der Waals surface area contributed by atoms with Crippen molar-refractivity contribution in [3.63, 3.8) is 0 Å². The second-order valence-corrected chi connectivity index (χ2v) is 9.33. The van der Waals surface area contributed by atoms with Crippen LogP contribution in [0.4, 0.5) is 4.39 Å². The molecule has 2 saturated heterocycles. The highest BCUT2D eigenvalue weighted by molar-refractivity contribution is 7.10. The Morgan fingerprint density at radius 1 is 1.23 bits per heavy atom. The molecule has 0 aliphatic carbocycles. The molecule has 1 aromatic heterocycles. The molecule has 8 heteroatoms. The Balaban J connectivity index is 1.50. The van der Waals surface area contributed by atoms with Gasteiger partial charge in [-0.2, -0.15) is 0 Å². The Hall–Kier alpha value is -2.58. The first-order valence-electron chi connectivity index (χ1n) is 10.4. The molecule has 0 saturated carbocycles. The van der Waals surface area contributed by atoms with Gasteiger partial charge < -0.3 is 10.0 Å². The van der Waals surface area contributed by atoms with Crippen LogP contribution in [0, 0.1) is 11.7 Å². The zero-order chi connectivity index (χ0) is 22.2. The number of likely N-dealkylation sites (tertiary alicyclic amines) is 2. The van der Waals surface area contributed by atoms with E-state index >= 15 is 0 Å². The summed E-state index contributed by atoms with van der Waals surface area (Å²) in [5.41, 5.74) is -1.42. The number of rotatable bonds is 5. The van der Waals surface area contributed by atoms with E-state index in [9.17, 15) is 23.9 Å². The summed E-state index contributed by atoms with van der Waals surface area (Å²) in [6, 6.07) is 9.66. The second-order valence-electron chi connectivity index (χ2n) is 8.35. The van der Waals surface area contributed by atoms with Gasteiger partial charge in [-0.05, 0) is 36.3 Å². The molecule has 2 aliphatic rings. The summed E-state index contributed by atoms with van der Waals surface area (Å²) in [6.45, 7) is 0.911. The third kappa shape index (κ3) is 3.90. The van der Waals surface area contributed by atoms with E-state index in [4.69, 9.17) is 0 Å². The maximum Gasteiger partial charge on any atom is 0.240 e.